The number of carbonyl (C=O) groups is 1. The van der Waals surface area contributed by atoms with Crippen molar-refractivity contribution >= 4 is 15.6 Å². The van der Waals surface area contributed by atoms with Gasteiger partial charge in [-0.05, 0) is 6.42 Å². The molecule has 0 fully saturated rings. The number of nitrogens with two attached hydrogens (primary N) is 1. The molecule has 1 heterocycles. The number of hydrogen-bond acceptors (Lipinski definition) is 5. The van der Waals surface area contributed by atoms with Crippen LogP contribution in [0.2, 0.25) is 0 Å². The van der Waals surface area contributed by atoms with Gasteiger partial charge in [0.2, 0.25) is 0 Å². The third-order valence-electron chi connectivity index (χ3n) is 2.75. The van der Waals surface area contributed by atoms with Crippen LogP contribution in [-0.4, -0.2) is 35.5 Å². The fourth-order valence-corrected chi connectivity index (χ4v) is 2.43. The van der Waals surface area contributed by atoms with Crippen LogP contribution < -0.4 is 5.73 Å². The van der Waals surface area contributed by atoms with Gasteiger partial charge in [-0.1, -0.05) is 6.92 Å². The van der Waals surface area contributed by atoms with Gasteiger partial charge in [0.15, 0.2) is 5.78 Å². The van der Waals surface area contributed by atoms with Crippen molar-refractivity contribution < 1.29 is 13.2 Å². The number of hydrogen-bond donors (Lipinski definition) is 1. The van der Waals surface area contributed by atoms with E-state index in [1.54, 1.807) is 31.0 Å². The van der Waals surface area contributed by atoms with Gasteiger partial charge >= 0.3 is 0 Å². The molecule has 1 rings (SSSR count). The minimum absolute atomic E-state index is 0.0367. The minimum atomic E-state index is -3.01. The Morgan fingerprint density at radius 3 is 2.72 bits per heavy atom. The number of ketones is 1. The molecule has 1 aromatic heterocycles. The molecule has 0 saturated carbocycles. The largest absolute Gasteiger partial charge is 0.318 e. The highest BCUT2D eigenvalue weighted by Gasteiger charge is 2.18. The molecule has 0 aromatic carbocycles. The van der Waals surface area contributed by atoms with Crippen molar-refractivity contribution in [3.63, 3.8) is 0 Å². The first-order valence-corrected chi connectivity index (χ1v) is 7.65. The van der Waals surface area contributed by atoms with Crippen molar-refractivity contribution in [1.29, 1.82) is 0 Å². The molecule has 1 unspecified atom stereocenters. The third-order valence-corrected chi connectivity index (χ3v) is 4.54. The Bertz CT molecular complexity index is 507. The lowest BCUT2D eigenvalue weighted by molar-refractivity contribution is -0.120. The second-order valence-corrected chi connectivity index (χ2v) is 6.70. The lowest BCUT2D eigenvalue weighted by Crippen LogP contribution is -2.21. The van der Waals surface area contributed by atoms with Crippen LogP contribution in [0.1, 0.15) is 31.4 Å². The van der Waals surface area contributed by atoms with E-state index >= 15 is 0 Å². The number of aromatic nitrogens is 2. The molecule has 0 aliphatic heterocycles. The summed E-state index contributed by atoms with van der Waals surface area (Å²) in [4.78, 5) is 11.8. The summed E-state index contributed by atoms with van der Waals surface area (Å²) in [7, 11) is -1.27. The zero-order valence-electron chi connectivity index (χ0n) is 10.7. The Labute approximate surface area is 107 Å². The molecule has 18 heavy (non-hydrogen) atoms. The fourth-order valence-electron chi connectivity index (χ4n) is 1.55. The van der Waals surface area contributed by atoms with Gasteiger partial charge < -0.3 is 5.73 Å². The summed E-state index contributed by atoms with van der Waals surface area (Å²) >= 11 is 0. The van der Waals surface area contributed by atoms with Crippen molar-refractivity contribution in [1.82, 2.24) is 9.78 Å². The van der Waals surface area contributed by atoms with E-state index < -0.39 is 15.9 Å². The SMILES string of the molecule is CCS(=O)(=O)CCCC(=O)C(N)c1cnn(C)c1. The summed E-state index contributed by atoms with van der Waals surface area (Å²) in [5.41, 5.74) is 6.44. The van der Waals surface area contributed by atoms with Gasteiger partial charge in [-0.25, -0.2) is 8.42 Å². The molecular formula is C11H19N3O3S. The standard InChI is InChI=1S/C11H19N3O3S/c1-3-18(16,17)6-4-5-10(15)11(12)9-7-13-14(2)8-9/h7-8,11H,3-6,12H2,1-2H3. The second-order valence-electron chi connectivity index (χ2n) is 4.23. The molecule has 0 saturated heterocycles. The summed E-state index contributed by atoms with van der Waals surface area (Å²) in [5.74, 6) is -0.0144. The lowest BCUT2D eigenvalue weighted by Gasteiger charge is -2.08. The maximum absolute atomic E-state index is 11.8. The van der Waals surface area contributed by atoms with Crippen LogP contribution in [0, 0.1) is 0 Å². The highest BCUT2D eigenvalue weighted by Crippen LogP contribution is 2.12. The lowest BCUT2D eigenvalue weighted by atomic mass is 10.0. The Morgan fingerprint density at radius 2 is 2.22 bits per heavy atom. The zero-order valence-corrected chi connectivity index (χ0v) is 11.5. The molecule has 6 nitrogen and oxygen atoms in total. The van der Waals surface area contributed by atoms with Gasteiger partial charge in [0.05, 0.1) is 18.0 Å². The maximum Gasteiger partial charge on any atom is 0.154 e. The monoisotopic (exact) mass is 273 g/mol. The molecule has 7 heteroatoms. The first-order chi connectivity index (χ1) is 8.35. The van der Waals surface area contributed by atoms with Crippen LogP contribution in [-0.2, 0) is 21.7 Å². The van der Waals surface area contributed by atoms with Crippen LogP contribution >= 0.6 is 0 Å². The molecule has 0 aliphatic carbocycles. The molecule has 0 spiro atoms. The first-order valence-electron chi connectivity index (χ1n) is 5.83. The van der Waals surface area contributed by atoms with E-state index in [1.807, 2.05) is 0 Å². The minimum Gasteiger partial charge on any atom is -0.318 e. The average Bonchev–Trinajstić information content (AvgIpc) is 2.74. The molecule has 0 radical (unpaired) electrons. The van der Waals surface area contributed by atoms with E-state index in [2.05, 4.69) is 5.10 Å². The van der Waals surface area contributed by atoms with E-state index in [-0.39, 0.29) is 23.7 Å². The fraction of sp³-hybridized carbons (Fsp3) is 0.636. The molecule has 0 amide bonds. The predicted octanol–water partition coefficient (Wildman–Crippen LogP) is 0.204. The summed E-state index contributed by atoms with van der Waals surface area (Å²) < 4.78 is 24.1. The maximum atomic E-state index is 11.8. The molecule has 2 N–H and O–H groups in total. The third kappa shape index (κ3) is 4.23. The van der Waals surface area contributed by atoms with Gasteiger partial charge in [-0.15, -0.1) is 0 Å². The number of rotatable bonds is 7. The van der Waals surface area contributed by atoms with E-state index in [1.165, 1.54) is 0 Å². The van der Waals surface area contributed by atoms with Crippen molar-refractivity contribution in [2.75, 3.05) is 11.5 Å². The number of carbonyl (C=O) groups excluding carboxylic acids is 1. The van der Waals surface area contributed by atoms with E-state index in [0.29, 0.717) is 12.0 Å². The number of Topliss-reactive ketones (excluding diaryl/α,β-unsaturated/α-hetero) is 1. The van der Waals surface area contributed by atoms with Gasteiger partial charge in [0.25, 0.3) is 0 Å². The van der Waals surface area contributed by atoms with Gasteiger partial charge in [-0.2, -0.15) is 5.10 Å². The molecular weight excluding hydrogens is 254 g/mol. The van der Waals surface area contributed by atoms with Crippen LogP contribution in [0.3, 0.4) is 0 Å². The zero-order chi connectivity index (χ0) is 13.8. The molecule has 1 aromatic rings. The van der Waals surface area contributed by atoms with Crippen LogP contribution in [0.5, 0.6) is 0 Å². The highest BCUT2D eigenvalue weighted by molar-refractivity contribution is 7.91. The van der Waals surface area contributed by atoms with Crippen LogP contribution in [0.25, 0.3) is 0 Å². The van der Waals surface area contributed by atoms with E-state index in [4.69, 9.17) is 5.73 Å². The first kappa shape index (κ1) is 14.8. The second kappa shape index (κ2) is 6.10. The average molecular weight is 273 g/mol. The van der Waals surface area contributed by atoms with E-state index in [9.17, 15) is 13.2 Å². The van der Waals surface area contributed by atoms with Crippen LogP contribution in [0.15, 0.2) is 12.4 Å². The van der Waals surface area contributed by atoms with Gasteiger partial charge in [0.1, 0.15) is 9.84 Å². The Morgan fingerprint density at radius 1 is 1.56 bits per heavy atom. The summed E-state index contributed by atoms with van der Waals surface area (Å²) in [6.45, 7) is 1.60. The summed E-state index contributed by atoms with van der Waals surface area (Å²) in [6, 6.07) is -0.719. The summed E-state index contributed by atoms with van der Waals surface area (Å²) in [6.07, 6.45) is 3.73. The molecule has 1 atom stereocenters. The Hall–Kier alpha value is -1.21. The topological polar surface area (TPSA) is 95.1 Å². The predicted molar refractivity (Wildman–Crippen MR) is 68.7 cm³/mol. The molecule has 102 valence electrons. The van der Waals surface area contributed by atoms with Crippen molar-refractivity contribution in [2.45, 2.75) is 25.8 Å². The summed E-state index contributed by atoms with van der Waals surface area (Å²) in [5, 5.41) is 3.94. The van der Waals surface area contributed by atoms with Crippen molar-refractivity contribution in [2.24, 2.45) is 12.8 Å². The van der Waals surface area contributed by atoms with Crippen molar-refractivity contribution in [3.8, 4) is 0 Å². The molecule has 0 bridgehead atoms. The number of aryl methyl sites for hydroxylation is 1. The molecule has 0 aliphatic rings. The highest BCUT2D eigenvalue weighted by atomic mass is 32.2. The van der Waals surface area contributed by atoms with Gasteiger partial charge in [-0.3, -0.25) is 9.48 Å². The normalized spacial score (nSPS) is 13.5. The van der Waals surface area contributed by atoms with Crippen molar-refractivity contribution in [3.05, 3.63) is 18.0 Å². The smallest absolute Gasteiger partial charge is 0.154 e. The van der Waals surface area contributed by atoms with Gasteiger partial charge in [0, 0.05) is 31.0 Å². The number of nitrogens with zero attached hydrogens (tertiary/aromatic N) is 2. The van der Waals surface area contributed by atoms with Crippen LogP contribution in [0.4, 0.5) is 0 Å². The number of sulfone groups is 1. The Balaban J connectivity index is 2.47. The quantitative estimate of drug-likeness (QED) is 0.766. The Kier molecular flexibility index (Phi) is 5.03. The van der Waals surface area contributed by atoms with E-state index in [0.717, 1.165) is 0 Å².